The highest BCUT2D eigenvalue weighted by atomic mass is 79.9. The number of halogens is 2. The molecule has 7 nitrogen and oxygen atoms in total. The minimum absolute atomic E-state index is 0.0119. The summed E-state index contributed by atoms with van der Waals surface area (Å²) >= 11 is 8.93. The van der Waals surface area contributed by atoms with Gasteiger partial charge in [-0.25, -0.2) is 0 Å². The van der Waals surface area contributed by atoms with Crippen molar-refractivity contribution in [1.82, 2.24) is 5.32 Å². The third-order valence-electron chi connectivity index (χ3n) is 2.87. The lowest BCUT2D eigenvalue weighted by atomic mass is 9.92. The second kappa shape index (κ2) is 5.55. The number of ether oxygens (including phenoxy) is 1. The number of nitrogens with zero attached hydrogens (tertiary/aromatic N) is 1. The zero-order valence-corrected chi connectivity index (χ0v) is 12.4. The van der Waals surface area contributed by atoms with Crippen molar-refractivity contribution in [3.05, 3.63) is 31.7 Å². The maximum Gasteiger partial charge on any atom is 0.313 e. The average molecular weight is 366 g/mol. The molecule has 20 heavy (non-hydrogen) atoms. The normalized spacial score (nSPS) is 16.3. The van der Waals surface area contributed by atoms with Gasteiger partial charge in [0.2, 0.25) is 5.75 Å². The van der Waals surface area contributed by atoms with E-state index in [9.17, 15) is 14.9 Å². The molecule has 1 fully saturated rings. The van der Waals surface area contributed by atoms with Crippen LogP contribution in [0.15, 0.2) is 16.6 Å². The van der Waals surface area contributed by atoms with Gasteiger partial charge in [-0.3, -0.25) is 14.9 Å². The van der Waals surface area contributed by atoms with E-state index in [2.05, 4.69) is 21.2 Å². The van der Waals surface area contributed by atoms with Gasteiger partial charge in [0.15, 0.2) is 0 Å². The molecule has 0 radical (unpaired) electrons. The first-order valence-corrected chi connectivity index (χ1v) is 6.75. The summed E-state index contributed by atoms with van der Waals surface area (Å²) in [5.41, 5.74) is -1.28. The summed E-state index contributed by atoms with van der Waals surface area (Å²) < 4.78 is 5.95. The highest BCUT2D eigenvalue weighted by Crippen LogP contribution is 2.41. The van der Waals surface area contributed by atoms with Gasteiger partial charge in [0.05, 0.1) is 15.8 Å². The van der Waals surface area contributed by atoms with Crippen LogP contribution < -0.4 is 10.1 Å². The summed E-state index contributed by atoms with van der Waals surface area (Å²) in [7, 11) is 0. The molecule has 0 atom stereocenters. The lowest BCUT2D eigenvalue weighted by molar-refractivity contribution is -0.386. The highest BCUT2D eigenvalue weighted by molar-refractivity contribution is 9.10. The minimum Gasteiger partial charge on any atom is -0.481 e. The van der Waals surface area contributed by atoms with Crippen LogP contribution in [0.4, 0.5) is 5.69 Å². The van der Waals surface area contributed by atoms with Crippen LogP contribution in [-0.2, 0) is 4.79 Å². The van der Waals surface area contributed by atoms with Crippen molar-refractivity contribution in [1.29, 1.82) is 0 Å². The Morgan fingerprint density at radius 3 is 2.70 bits per heavy atom. The lowest BCUT2D eigenvalue weighted by Crippen LogP contribution is -2.64. The maximum atomic E-state index is 11.1. The first-order chi connectivity index (χ1) is 9.33. The molecule has 1 heterocycles. The Kier molecular flexibility index (Phi) is 4.17. The third kappa shape index (κ3) is 3.02. The average Bonchev–Trinajstić information content (AvgIpc) is 2.28. The van der Waals surface area contributed by atoms with Gasteiger partial charge in [-0.2, -0.15) is 0 Å². The van der Waals surface area contributed by atoms with Crippen molar-refractivity contribution < 1.29 is 19.6 Å². The van der Waals surface area contributed by atoms with Crippen molar-refractivity contribution in [2.24, 2.45) is 0 Å². The van der Waals surface area contributed by atoms with Gasteiger partial charge >= 0.3 is 11.7 Å². The quantitative estimate of drug-likeness (QED) is 0.613. The van der Waals surface area contributed by atoms with Crippen LogP contribution in [0.2, 0.25) is 5.02 Å². The Labute approximate surface area is 127 Å². The smallest absolute Gasteiger partial charge is 0.313 e. The summed E-state index contributed by atoms with van der Waals surface area (Å²) in [5, 5.41) is 23.1. The molecular formula is C11H10BrClN2O5. The number of carboxylic acids is 1. The van der Waals surface area contributed by atoms with Crippen molar-refractivity contribution >= 4 is 39.2 Å². The van der Waals surface area contributed by atoms with E-state index in [0.717, 1.165) is 0 Å². The van der Waals surface area contributed by atoms with E-state index in [1.807, 2.05) is 0 Å². The molecule has 0 unspecified atom stereocenters. The number of nitro groups is 1. The standard InChI is InChI=1S/C11H10BrClN2O5/c12-7-1-6(13)2-8(15(18)19)10(7)20-11(3-9(16)17)4-14-5-11/h1-2,14H,3-5H2,(H,16,17). The summed E-state index contributed by atoms with van der Waals surface area (Å²) in [6.45, 7) is 0.622. The van der Waals surface area contributed by atoms with E-state index in [1.165, 1.54) is 12.1 Å². The number of hydrogen-bond acceptors (Lipinski definition) is 5. The van der Waals surface area contributed by atoms with Gasteiger partial charge in [0, 0.05) is 24.2 Å². The van der Waals surface area contributed by atoms with Gasteiger partial charge in [0.1, 0.15) is 5.60 Å². The molecular weight excluding hydrogens is 355 g/mol. The van der Waals surface area contributed by atoms with Crippen LogP contribution in [0.3, 0.4) is 0 Å². The van der Waals surface area contributed by atoms with Crippen molar-refractivity contribution in [3.8, 4) is 5.75 Å². The van der Waals surface area contributed by atoms with Gasteiger partial charge in [-0.15, -0.1) is 0 Å². The van der Waals surface area contributed by atoms with Crippen molar-refractivity contribution in [2.75, 3.05) is 13.1 Å². The summed E-state index contributed by atoms with van der Waals surface area (Å²) in [4.78, 5) is 21.3. The molecule has 2 rings (SSSR count). The third-order valence-corrected chi connectivity index (χ3v) is 3.68. The zero-order chi connectivity index (χ0) is 14.9. The van der Waals surface area contributed by atoms with Gasteiger partial charge in [0.25, 0.3) is 0 Å². The molecule has 2 N–H and O–H groups in total. The molecule has 1 aromatic rings. The lowest BCUT2D eigenvalue weighted by Gasteiger charge is -2.41. The minimum atomic E-state index is -1.03. The molecule has 1 aliphatic heterocycles. The fourth-order valence-electron chi connectivity index (χ4n) is 1.91. The maximum absolute atomic E-state index is 11.1. The van der Waals surface area contributed by atoms with Crippen molar-refractivity contribution in [2.45, 2.75) is 12.0 Å². The molecule has 1 aromatic carbocycles. The number of benzene rings is 1. The van der Waals surface area contributed by atoms with Gasteiger partial charge < -0.3 is 15.2 Å². The summed E-state index contributed by atoms with van der Waals surface area (Å²) in [6.07, 6.45) is -0.244. The molecule has 1 saturated heterocycles. The van der Waals surface area contributed by atoms with Crippen LogP contribution in [-0.4, -0.2) is 34.7 Å². The molecule has 0 spiro atoms. The Bertz CT molecular complexity index is 576. The van der Waals surface area contributed by atoms with E-state index in [-0.39, 0.29) is 22.9 Å². The molecule has 0 aromatic heterocycles. The predicted octanol–water partition coefficient (Wildman–Crippen LogP) is 2.21. The molecule has 9 heteroatoms. The van der Waals surface area contributed by atoms with E-state index in [0.29, 0.717) is 17.6 Å². The number of nitro benzene ring substituents is 1. The molecule has 0 bridgehead atoms. The van der Waals surface area contributed by atoms with Crippen LogP contribution in [0.1, 0.15) is 6.42 Å². The fourth-order valence-corrected chi connectivity index (χ4v) is 2.79. The van der Waals surface area contributed by atoms with Crippen LogP contribution in [0.5, 0.6) is 5.75 Å². The molecule has 0 saturated carbocycles. The topological polar surface area (TPSA) is 102 Å². The first-order valence-electron chi connectivity index (χ1n) is 5.58. The Balaban J connectivity index is 2.37. The molecule has 1 aliphatic rings. The van der Waals surface area contributed by atoms with Gasteiger partial charge in [-0.05, 0) is 22.0 Å². The number of carboxylic acid groups (broad SMARTS) is 1. The second-order valence-electron chi connectivity index (χ2n) is 4.45. The van der Waals surface area contributed by atoms with Crippen molar-refractivity contribution in [3.63, 3.8) is 0 Å². The zero-order valence-electron chi connectivity index (χ0n) is 10.1. The van der Waals surface area contributed by atoms with E-state index in [1.54, 1.807) is 0 Å². The Morgan fingerprint density at radius 1 is 1.60 bits per heavy atom. The molecule has 108 valence electrons. The monoisotopic (exact) mass is 364 g/mol. The first kappa shape index (κ1) is 15.0. The number of rotatable bonds is 5. The number of hydrogen-bond donors (Lipinski definition) is 2. The van der Waals surface area contributed by atoms with E-state index in [4.69, 9.17) is 21.4 Å². The predicted molar refractivity (Wildman–Crippen MR) is 74.3 cm³/mol. The summed E-state index contributed by atoms with van der Waals surface area (Å²) in [6, 6.07) is 2.63. The summed E-state index contributed by atoms with van der Waals surface area (Å²) in [5.74, 6) is -1.04. The van der Waals surface area contributed by atoms with E-state index >= 15 is 0 Å². The Morgan fingerprint density at radius 2 is 2.25 bits per heavy atom. The van der Waals surface area contributed by atoms with E-state index < -0.39 is 16.5 Å². The number of nitrogens with one attached hydrogen (secondary N) is 1. The number of aliphatic carboxylic acids is 1. The Hall–Kier alpha value is -1.38. The van der Waals surface area contributed by atoms with Crippen LogP contribution in [0, 0.1) is 10.1 Å². The fraction of sp³-hybridized carbons (Fsp3) is 0.364. The van der Waals surface area contributed by atoms with Crippen LogP contribution in [0.25, 0.3) is 0 Å². The molecule has 0 amide bonds. The highest BCUT2D eigenvalue weighted by Gasteiger charge is 2.43. The largest absolute Gasteiger partial charge is 0.481 e. The van der Waals surface area contributed by atoms with Crippen LogP contribution >= 0.6 is 27.5 Å². The second-order valence-corrected chi connectivity index (χ2v) is 5.74. The molecule has 0 aliphatic carbocycles. The SMILES string of the molecule is O=C(O)CC1(Oc2c(Br)cc(Cl)cc2[N+](=O)[O-])CNC1. The number of carbonyl (C=O) groups is 1. The van der Waals surface area contributed by atoms with Gasteiger partial charge in [-0.1, -0.05) is 11.6 Å².